The molecular formula is C17H21NO2. The summed E-state index contributed by atoms with van der Waals surface area (Å²) in [4.78, 5) is 0. The van der Waals surface area contributed by atoms with Gasteiger partial charge in [0.1, 0.15) is 18.1 Å². The van der Waals surface area contributed by atoms with Crippen molar-refractivity contribution in [3.63, 3.8) is 0 Å². The van der Waals surface area contributed by atoms with Gasteiger partial charge in [-0.15, -0.1) is 0 Å². The Morgan fingerprint density at radius 2 is 1.75 bits per heavy atom. The zero-order valence-corrected chi connectivity index (χ0v) is 12.3. The Balaban J connectivity index is 2.17. The van der Waals surface area contributed by atoms with E-state index in [0.717, 1.165) is 28.2 Å². The molecular weight excluding hydrogens is 250 g/mol. The van der Waals surface area contributed by atoms with Gasteiger partial charge >= 0.3 is 0 Å². The van der Waals surface area contributed by atoms with Crippen molar-refractivity contribution in [2.24, 2.45) is 5.73 Å². The quantitative estimate of drug-likeness (QED) is 0.907. The van der Waals surface area contributed by atoms with Crippen LogP contribution in [-0.4, -0.2) is 7.11 Å². The SMILES string of the molecule is COc1ccc(CN)cc1COc1ccc(C)cc1C. The van der Waals surface area contributed by atoms with E-state index in [4.69, 9.17) is 15.2 Å². The average molecular weight is 271 g/mol. The summed E-state index contributed by atoms with van der Waals surface area (Å²) in [5.41, 5.74) is 10.1. The van der Waals surface area contributed by atoms with Crippen LogP contribution in [-0.2, 0) is 13.2 Å². The molecule has 0 heterocycles. The maximum atomic E-state index is 5.90. The first-order chi connectivity index (χ1) is 9.63. The average Bonchev–Trinajstić information content (AvgIpc) is 2.46. The monoisotopic (exact) mass is 271 g/mol. The predicted octanol–water partition coefficient (Wildman–Crippen LogP) is 3.35. The second kappa shape index (κ2) is 6.44. The van der Waals surface area contributed by atoms with Gasteiger partial charge in [0, 0.05) is 12.1 Å². The van der Waals surface area contributed by atoms with Crippen LogP contribution in [0.2, 0.25) is 0 Å². The van der Waals surface area contributed by atoms with Crippen molar-refractivity contribution >= 4 is 0 Å². The number of ether oxygens (including phenoxy) is 2. The molecule has 0 unspecified atom stereocenters. The highest BCUT2D eigenvalue weighted by Gasteiger charge is 2.06. The summed E-state index contributed by atoms with van der Waals surface area (Å²) in [6, 6.07) is 12.1. The van der Waals surface area contributed by atoms with Crippen molar-refractivity contribution in [3.8, 4) is 11.5 Å². The second-order valence-corrected chi connectivity index (χ2v) is 4.91. The first-order valence-electron chi connectivity index (χ1n) is 6.70. The Hall–Kier alpha value is -2.00. The van der Waals surface area contributed by atoms with Crippen molar-refractivity contribution in [1.82, 2.24) is 0 Å². The smallest absolute Gasteiger partial charge is 0.125 e. The highest BCUT2D eigenvalue weighted by Crippen LogP contribution is 2.24. The molecule has 2 aromatic rings. The third-order valence-electron chi connectivity index (χ3n) is 3.29. The van der Waals surface area contributed by atoms with Crippen LogP contribution in [0.15, 0.2) is 36.4 Å². The lowest BCUT2D eigenvalue weighted by Gasteiger charge is -2.13. The minimum absolute atomic E-state index is 0.473. The molecule has 0 amide bonds. The van der Waals surface area contributed by atoms with E-state index in [1.54, 1.807) is 7.11 Å². The van der Waals surface area contributed by atoms with Crippen LogP contribution >= 0.6 is 0 Å². The Labute approximate surface area is 120 Å². The Morgan fingerprint density at radius 3 is 2.40 bits per heavy atom. The number of methoxy groups -OCH3 is 1. The van der Waals surface area contributed by atoms with Crippen LogP contribution in [0.4, 0.5) is 0 Å². The van der Waals surface area contributed by atoms with Crippen LogP contribution in [0.5, 0.6) is 11.5 Å². The Morgan fingerprint density at radius 1 is 1.00 bits per heavy atom. The molecule has 20 heavy (non-hydrogen) atoms. The number of aryl methyl sites for hydroxylation is 2. The molecule has 0 bridgehead atoms. The summed E-state index contributed by atoms with van der Waals surface area (Å²) in [6.45, 7) is 5.11. The highest BCUT2D eigenvalue weighted by atomic mass is 16.5. The molecule has 0 spiro atoms. The molecule has 2 rings (SSSR count). The normalized spacial score (nSPS) is 10.4. The van der Waals surface area contributed by atoms with Crippen LogP contribution in [0.1, 0.15) is 22.3 Å². The van der Waals surface area contributed by atoms with Crippen molar-refractivity contribution in [1.29, 1.82) is 0 Å². The molecule has 0 saturated carbocycles. The van der Waals surface area contributed by atoms with Crippen LogP contribution in [0.3, 0.4) is 0 Å². The molecule has 0 aromatic heterocycles. The number of hydrogen-bond acceptors (Lipinski definition) is 3. The summed E-state index contributed by atoms with van der Waals surface area (Å²) in [7, 11) is 1.66. The number of nitrogens with two attached hydrogens (primary N) is 1. The fourth-order valence-corrected chi connectivity index (χ4v) is 2.19. The van der Waals surface area contributed by atoms with Crippen LogP contribution in [0, 0.1) is 13.8 Å². The Bertz CT molecular complexity index is 594. The molecule has 3 nitrogen and oxygen atoms in total. The van der Waals surface area contributed by atoms with Crippen molar-refractivity contribution in [2.75, 3.05) is 7.11 Å². The lowest BCUT2D eigenvalue weighted by molar-refractivity contribution is 0.294. The van der Waals surface area contributed by atoms with Gasteiger partial charge in [-0.2, -0.15) is 0 Å². The van der Waals surface area contributed by atoms with Gasteiger partial charge in [0.05, 0.1) is 7.11 Å². The van der Waals surface area contributed by atoms with E-state index in [-0.39, 0.29) is 0 Å². The van der Waals surface area contributed by atoms with E-state index in [2.05, 4.69) is 26.0 Å². The summed E-state index contributed by atoms with van der Waals surface area (Å²) in [6.07, 6.45) is 0. The van der Waals surface area contributed by atoms with Gasteiger partial charge < -0.3 is 15.2 Å². The minimum atomic E-state index is 0.473. The van der Waals surface area contributed by atoms with E-state index >= 15 is 0 Å². The first kappa shape index (κ1) is 14.4. The maximum Gasteiger partial charge on any atom is 0.125 e. The standard InChI is InChI=1S/C17H21NO2/c1-12-4-6-16(13(2)8-12)20-11-15-9-14(10-18)5-7-17(15)19-3/h4-9H,10-11,18H2,1-3H3. The van der Waals surface area contributed by atoms with Crippen LogP contribution in [0.25, 0.3) is 0 Å². The number of benzene rings is 2. The van der Waals surface area contributed by atoms with Gasteiger partial charge in [-0.1, -0.05) is 23.8 Å². The molecule has 2 aromatic carbocycles. The van der Waals surface area contributed by atoms with Gasteiger partial charge in [-0.3, -0.25) is 0 Å². The molecule has 0 fully saturated rings. The van der Waals surface area contributed by atoms with E-state index in [9.17, 15) is 0 Å². The molecule has 0 saturated heterocycles. The third kappa shape index (κ3) is 3.31. The van der Waals surface area contributed by atoms with Crippen LogP contribution < -0.4 is 15.2 Å². The van der Waals surface area contributed by atoms with Gasteiger partial charge in [-0.25, -0.2) is 0 Å². The molecule has 3 heteroatoms. The van der Waals surface area contributed by atoms with Gasteiger partial charge in [0.2, 0.25) is 0 Å². The zero-order chi connectivity index (χ0) is 14.5. The fraction of sp³-hybridized carbons (Fsp3) is 0.294. The molecule has 2 N–H and O–H groups in total. The topological polar surface area (TPSA) is 44.5 Å². The lowest BCUT2D eigenvalue weighted by Crippen LogP contribution is -2.03. The molecule has 0 aliphatic heterocycles. The predicted molar refractivity (Wildman–Crippen MR) is 81.1 cm³/mol. The number of hydrogen-bond donors (Lipinski definition) is 1. The largest absolute Gasteiger partial charge is 0.496 e. The van der Waals surface area contributed by atoms with Gasteiger partial charge in [0.25, 0.3) is 0 Å². The first-order valence-corrected chi connectivity index (χ1v) is 6.70. The molecule has 0 radical (unpaired) electrons. The van der Waals surface area contributed by atoms with E-state index < -0.39 is 0 Å². The van der Waals surface area contributed by atoms with E-state index in [1.165, 1.54) is 5.56 Å². The highest BCUT2D eigenvalue weighted by molar-refractivity contribution is 5.39. The lowest BCUT2D eigenvalue weighted by atomic mass is 10.1. The van der Waals surface area contributed by atoms with Crippen molar-refractivity contribution in [2.45, 2.75) is 27.0 Å². The summed E-state index contributed by atoms with van der Waals surface area (Å²) in [5, 5.41) is 0. The Kier molecular flexibility index (Phi) is 4.64. The molecule has 0 atom stereocenters. The second-order valence-electron chi connectivity index (χ2n) is 4.91. The van der Waals surface area contributed by atoms with E-state index in [0.29, 0.717) is 13.2 Å². The van der Waals surface area contributed by atoms with Crippen molar-refractivity contribution < 1.29 is 9.47 Å². The van der Waals surface area contributed by atoms with E-state index in [1.807, 2.05) is 24.3 Å². The maximum absolute atomic E-state index is 5.90. The molecule has 106 valence electrons. The van der Waals surface area contributed by atoms with Gasteiger partial charge in [0.15, 0.2) is 0 Å². The number of rotatable bonds is 5. The van der Waals surface area contributed by atoms with Crippen molar-refractivity contribution in [3.05, 3.63) is 58.7 Å². The minimum Gasteiger partial charge on any atom is -0.496 e. The third-order valence-corrected chi connectivity index (χ3v) is 3.29. The van der Waals surface area contributed by atoms with Gasteiger partial charge in [-0.05, 0) is 43.2 Å². The fourth-order valence-electron chi connectivity index (χ4n) is 2.19. The molecule has 0 aliphatic carbocycles. The summed E-state index contributed by atoms with van der Waals surface area (Å²) in [5.74, 6) is 1.72. The zero-order valence-electron chi connectivity index (χ0n) is 12.3. The molecule has 0 aliphatic rings. The summed E-state index contributed by atoms with van der Waals surface area (Å²) >= 11 is 0. The summed E-state index contributed by atoms with van der Waals surface area (Å²) < 4.78 is 11.3.